The lowest BCUT2D eigenvalue weighted by atomic mass is 9.88. The van der Waals surface area contributed by atoms with Crippen LogP contribution in [0.1, 0.15) is 30.8 Å². The minimum absolute atomic E-state index is 0.00815. The van der Waals surface area contributed by atoms with Crippen molar-refractivity contribution in [2.75, 3.05) is 18.8 Å². The second-order valence-electron chi connectivity index (χ2n) is 6.11. The van der Waals surface area contributed by atoms with Gasteiger partial charge in [0.2, 0.25) is 0 Å². The molecule has 0 aliphatic carbocycles. The maximum absolute atomic E-state index is 12.7. The molecule has 1 fully saturated rings. The van der Waals surface area contributed by atoms with Gasteiger partial charge in [-0.3, -0.25) is 4.79 Å². The van der Waals surface area contributed by atoms with Crippen molar-refractivity contribution in [2.45, 2.75) is 20.3 Å². The van der Waals surface area contributed by atoms with Gasteiger partial charge >= 0.3 is 0 Å². The average Bonchev–Trinajstić information content (AvgIpc) is 2.49. The van der Waals surface area contributed by atoms with Crippen molar-refractivity contribution in [2.24, 2.45) is 11.8 Å². The van der Waals surface area contributed by atoms with E-state index in [4.69, 9.17) is 5.73 Å². The number of aromatic nitrogens is 1. The molecule has 0 saturated carbocycles. The first-order valence-corrected chi connectivity index (χ1v) is 7.51. The maximum Gasteiger partial charge on any atom is 0.272 e. The summed E-state index contributed by atoms with van der Waals surface area (Å²) in [5, 5.41) is 0.898. The number of benzene rings is 1. The highest BCUT2D eigenvalue weighted by Gasteiger charge is 2.27. The van der Waals surface area contributed by atoms with E-state index in [2.05, 4.69) is 18.8 Å². The highest BCUT2D eigenvalue weighted by molar-refractivity contribution is 5.99. The van der Waals surface area contributed by atoms with Crippen LogP contribution < -0.4 is 5.73 Å². The number of nitrogen functional groups attached to an aromatic ring is 1. The van der Waals surface area contributed by atoms with Gasteiger partial charge in [-0.2, -0.15) is 0 Å². The number of amides is 1. The molecule has 1 aliphatic rings. The molecule has 4 heteroatoms. The number of rotatable bonds is 1. The highest BCUT2D eigenvalue weighted by Crippen LogP contribution is 2.25. The van der Waals surface area contributed by atoms with Gasteiger partial charge in [-0.1, -0.05) is 32.0 Å². The van der Waals surface area contributed by atoms with Crippen LogP contribution in [0.2, 0.25) is 0 Å². The molecule has 2 unspecified atom stereocenters. The number of piperidine rings is 1. The number of para-hydroxylation sites is 1. The summed E-state index contributed by atoms with van der Waals surface area (Å²) in [6, 6.07) is 9.36. The zero-order valence-electron chi connectivity index (χ0n) is 12.5. The maximum atomic E-state index is 12.7. The Morgan fingerprint density at radius 3 is 2.81 bits per heavy atom. The van der Waals surface area contributed by atoms with E-state index in [1.165, 1.54) is 0 Å². The van der Waals surface area contributed by atoms with Crippen LogP contribution in [0.25, 0.3) is 10.9 Å². The van der Waals surface area contributed by atoms with Crippen LogP contribution in [-0.2, 0) is 0 Å². The molecular weight excluding hydrogens is 262 g/mol. The van der Waals surface area contributed by atoms with Crippen molar-refractivity contribution in [3.05, 3.63) is 36.0 Å². The molecule has 2 N–H and O–H groups in total. The Morgan fingerprint density at radius 1 is 1.29 bits per heavy atom. The zero-order valence-corrected chi connectivity index (χ0v) is 12.5. The lowest BCUT2D eigenvalue weighted by Crippen LogP contribution is -2.42. The summed E-state index contributed by atoms with van der Waals surface area (Å²) in [6.45, 7) is 6.05. The Kier molecular flexibility index (Phi) is 3.53. The number of hydrogen-bond donors (Lipinski definition) is 1. The van der Waals surface area contributed by atoms with Crippen LogP contribution in [-0.4, -0.2) is 28.9 Å². The summed E-state index contributed by atoms with van der Waals surface area (Å²) in [7, 11) is 0. The van der Waals surface area contributed by atoms with Crippen molar-refractivity contribution in [1.82, 2.24) is 9.88 Å². The molecule has 0 spiro atoms. The number of likely N-dealkylation sites (tertiary alicyclic amines) is 1. The van der Waals surface area contributed by atoms with Gasteiger partial charge in [0.05, 0.1) is 5.52 Å². The first-order valence-electron chi connectivity index (χ1n) is 7.51. The molecule has 0 radical (unpaired) electrons. The van der Waals surface area contributed by atoms with E-state index >= 15 is 0 Å². The first kappa shape index (κ1) is 13.9. The Labute approximate surface area is 125 Å². The molecule has 2 aromatic rings. The normalized spacial score (nSPS) is 22.5. The topological polar surface area (TPSA) is 59.2 Å². The molecule has 1 aromatic carbocycles. The Bertz CT molecular complexity index is 683. The summed E-state index contributed by atoms with van der Waals surface area (Å²) < 4.78 is 0. The van der Waals surface area contributed by atoms with Gasteiger partial charge in [0, 0.05) is 24.2 Å². The van der Waals surface area contributed by atoms with E-state index < -0.39 is 0 Å². The fourth-order valence-electron chi connectivity index (χ4n) is 2.92. The molecule has 1 amide bonds. The van der Waals surface area contributed by atoms with Gasteiger partial charge in [0.25, 0.3) is 5.91 Å². The van der Waals surface area contributed by atoms with E-state index in [9.17, 15) is 4.79 Å². The van der Waals surface area contributed by atoms with Crippen molar-refractivity contribution in [3.63, 3.8) is 0 Å². The van der Waals surface area contributed by atoms with Crippen molar-refractivity contribution in [1.29, 1.82) is 0 Å². The van der Waals surface area contributed by atoms with Crippen LogP contribution in [0, 0.1) is 11.8 Å². The highest BCUT2D eigenvalue weighted by atomic mass is 16.2. The minimum Gasteiger partial charge on any atom is -0.398 e. The monoisotopic (exact) mass is 283 g/mol. The second kappa shape index (κ2) is 5.35. The van der Waals surface area contributed by atoms with E-state index in [0.29, 0.717) is 23.2 Å². The lowest BCUT2D eigenvalue weighted by molar-refractivity contribution is 0.0622. The van der Waals surface area contributed by atoms with E-state index in [-0.39, 0.29) is 5.91 Å². The van der Waals surface area contributed by atoms with Gasteiger partial charge in [0.15, 0.2) is 0 Å². The summed E-state index contributed by atoms with van der Waals surface area (Å²) in [5.41, 5.74) is 7.91. The standard InChI is InChI=1S/C17H21N3O/c1-11-7-8-20(10-12(11)2)17(21)16-9-14(18)13-5-3-4-6-15(13)19-16/h3-6,9,11-12H,7-8,10H2,1-2H3,(H2,18,19). The molecular formula is C17H21N3O. The third kappa shape index (κ3) is 2.58. The average molecular weight is 283 g/mol. The van der Waals surface area contributed by atoms with E-state index in [1.807, 2.05) is 29.2 Å². The van der Waals surface area contributed by atoms with E-state index in [0.717, 1.165) is 30.4 Å². The summed E-state index contributed by atoms with van der Waals surface area (Å²) in [4.78, 5) is 19.0. The Hall–Kier alpha value is -2.10. The van der Waals surface area contributed by atoms with Gasteiger partial charge in [0.1, 0.15) is 5.69 Å². The number of nitrogens with zero attached hydrogens (tertiary/aromatic N) is 2. The largest absolute Gasteiger partial charge is 0.398 e. The van der Waals surface area contributed by atoms with E-state index in [1.54, 1.807) is 6.07 Å². The summed E-state index contributed by atoms with van der Waals surface area (Å²) in [5.74, 6) is 1.19. The lowest BCUT2D eigenvalue weighted by Gasteiger charge is -2.35. The number of pyridine rings is 1. The Morgan fingerprint density at radius 2 is 2.05 bits per heavy atom. The number of nitrogens with two attached hydrogens (primary N) is 1. The quantitative estimate of drug-likeness (QED) is 0.875. The molecule has 3 rings (SSSR count). The Balaban J connectivity index is 1.91. The molecule has 21 heavy (non-hydrogen) atoms. The summed E-state index contributed by atoms with van der Waals surface area (Å²) in [6.07, 6.45) is 1.05. The van der Waals surface area contributed by atoms with Crippen LogP contribution >= 0.6 is 0 Å². The minimum atomic E-state index is -0.00815. The van der Waals surface area contributed by atoms with Crippen molar-refractivity contribution >= 4 is 22.5 Å². The molecule has 1 aliphatic heterocycles. The van der Waals surface area contributed by atoms with Crippen molar-refractivity contribution in [3.8, 4) is 0 Å². The van der Waals surface area contributed by atoms with Crippen LogP contribution in [0.15, 0.2) is 30.3 Å². The van der Waals surface area contributed by atoms with Gasteiger partial charge in [-0.15, -0.1) is 0 Å². The molecule has 4 nitrogen and oxygen atoms in total. The SMILES string of the molecule is CC1CCN(C(=O)c2cc(N)c3ccccc3n2)CC1C. The molecule has 110 valence electrons. The first-order chi connectivity index (χ1) is 10.1. The zero-order chi connectivity index (χ0) is 15.0. The molecule has 0 bridgehead atoms. The third-order valence-electron chi connectivity index (χ3n) is 4.59. The predicted molar refractivity (Wildman–Crippen MR) is 85.0 cm³/mol. The molecule has 1 aromatic heterocycles. The fraction of sp³-hybridized carbons (Fsp3) is 0.412. The fourth-order valence-corrected chi connectivity index (χ4v) is 2.92. The van der Waals surface area contributed by atoms with Crippen LogP contribution in [0.5, 0.6) is 0 Å². The predicted octanol–water partition coefficient (Wildman–Crippen LogP) is 2.94. The number of anilines is 1. The number of hydrogen-bond acceptors (Lipinski definition) is 3. The van der Waals surface area contributed by atoms with Crippen LogP contribution in [0.4, 0.5) is 5.69 Å². The van der Waals surface area contributed by atoms with Crippen LogP contribution in [0.3, 0.4) is 0 Å². The summed E-state index contributed by atoms with van der Waals surface area (Å²) >= 11 is 0. The second-order valence-corrected chi connectivity index (χ2v) is 6.11. The van der Waals surface area contributed by atoms with Gasteiger partial charge in [-0.05, 0) is 30.4 Å². The third-order valence-corrected chi connectivity index (χ3v) is 4.59. The number of fused-ring (bicyclic) bond motifs is 1. The number of carbonyl (C=O) groups excluding carboxylic acids is 1. The molecule has 2 heterocycles. The van der Waals surface area contributed by atoms with Gasteiger partial charge in [-0.25, -0.2) is 4.98 Å². The van der Waals surface area contributed by atoms with Gasteiger partial charge < -0.3 is 10.6 Å². The smallest absolute Gasteiger partial charge is 0.272 e. The molecule has 2 atom stereocenters. The van der Waals surface area contributed by atoms with Crippen molar-refractivity contribution < 1.29 is 4.79 Å². The molecule has 1 saturated heterocycles. The number of carbonyl (C=O) groups is 1.